The maximum atomic E-state index is 11.8. The second-order valence-corrected chi connectivity index (χ2v) is 4.30. The summed E-state index contributed by atoms with van der Waals surface area (Å²) in [5, 5.41) is 10.8. The molecule has 1 aliphatic rings. The highest BCUT2D eigenvalue weighted by Crippen LogP contribution is 2.27. The Balaban J connectivity index is 2.22. The molecule has 1 aromatic rings. The van der Waals surface area contributed by atoms with Gasteiger partial charge in [-0.05, 0) is 31.0 Å². The van der Waals surface area contributed by atoms with Gasteiger partial charge in [0.1, 0.15) is 0 Å². The molecule has 0 saturated carbocycles. The first kappa shape index (κ1) is 12.1. The molecule has 2 atom stereocenters. The third-order valence-corrected chi connectivity index (χ3v) is 2.93. The van der Waals surface area contributed by atoms with Crippen LogP contribution in [0.25, 0.3) is 0 Å². The van der Waals surface area contributed by atoms with E-state index in [1.54, 1.807) is 13.0 Å². The molecule has 0 radical (unpaired) electrons. The van der Waals surface area contributed by atoms with Crippen molar-refractivity contribution in [3.63, 3.8) is 0 Å². The lowest BCUT2D eigenvalue weighted by Gasteiger charge is -2.17. The molecule has 2 unspecified atom stereocenters. The number of hydrogen-bond donors (Lipinski definition) is 1. The summed E-state index contributed by atoms with van der Waals surface area (Å²) in [5.41, 5.74) is 1.46. The van der Waals surface area contributed by atoms with E-state index in [9.17, 15) is 9.90 Å². The number of nitrogens with zero attached hydrogens (tertiary/aromatic N) is 1. The molecule has 4 heteroatoms. The molecule has 0 spiro atoms. The molecule has 1 fully saturated rings. The number of carbonyl (C=O) groups excluding carboxylic acids is 1. The minimum absolute atomic E-state index is 0.0282. The summed E-state index contributed by atoms with van der Waals surface area (Å²) in [6.45, 7) is 3.69. The molecule has 1 aliphatic heterocycles. The van der Waals surface area contributed by atoms with Gasteiger partial charge in [0, 0.05) is 0 Å². The summed E-state index contributed by atoms with van der Waals surface area (Å²) in [6.07, 6.45) is 0.667. The van der Waals surface area contributed by atoms with E-state index in [0.717, 1.165) is 12.0 Å². The van der Waals surface area contributed by atoms with Gasteiger partial charge in [-0.2, -0.15) is 5.06 Å². The van der Waals surface area contributed by atoms with Crippen LogP contribution < -0.4 is 5.06 Å². The van der Waals surface area contributed by atoms with Crippen LogP contribution >= 0.6 is 0 Å². The van der Waals surface area contributed by atoms with Crippen molar-refractivity contribution in [2.24, 2.45) is 0 Å². The topological polar surface area (TPSA) is 49.8 Å². The van der Waals surface area contributed by atoms with Crippen LogP contribution in [-0.4, -0.2) is 17.1 Å². The number of anilines is 1. The lowest BCUT2D eigenvalue weighted by molar-refractivity contribution is -0.119. The Morgan fingerprint density at radius 3 is 2.94 bits per heavy atom. The number of amides is 1. The Hall–Kier alpha value is -1.39. The van der Waals surface area contributed by atoms with Crippen molar-refractivity contribution in [1.29, 1.82) is 0 Å². The zero-order valence-corrected chi connectivity index (χ0v) is 10.1. The van der Waals surface area contributed by atoms with Crippen molar-refractivity contribution >= 4 is 11.6 Å². The number of hydrogen-bond acceptors (Lipinski definition) is 3. The van der Waals surface area contributed by atoms with E-state index in [-0.39, 0.29) is 12.0 Å². The minimum atomic E-state index is -0.547. The lowest BCUT2D eigenvalue weighted by atomic mass is 10.1. The second kappa shape index (κ2) is 4.85. The van der Waals surface area contributed by atoms with Crippen LogP contribution in [0, 0.1) is 0 Å². The van der Waals surface area contributed by atoms with Gasteiger partial charge in [0.15, 0.2) is 0 Å². The van der Waals surface area contributed by atoms with Crippen LogP contribution in [0.2, 0.25) is 0 Å². The molecule has 0 aromatic heterocycles. The number of rotatable bonds is 3. The fourth-order valence-corrected chi connectivity index (χ4v) is 1.86. The first-order valence-electron chi connectivity index (χ1n) is 5.89. The van der Waals surface area contributed by atoms with Gasteiger partial charge in [-0.15, -0.1) is 0 Å². The van der Waals surface area contributed by atoms with Gasteiger partial charge in [0.25, 0.3) is 5.91 Å². The van der Waals surface area contributed by atoms with Crippen molar-refractivity contribution in [1.82, 2.24) is 0 Å². The van der Waals surface area contributed by atoms with Crippen LogP contribution in [0.3, 0.4) is 0 Å². The van der Waals surface area contributed by atoms with Crippen molar-refractivity contribution in [2.45, 2.75) is 38.9 Å². The smallest absolute Gasteiger partial charge is 0.253 e. The van der Waals surface area contributed by atoms with Gasteiger partial charge in [-0.1, -0.05) is 19.1 Å². The van der Waals surface area contributed by atoms with Gasteiger partial charge in [0.2, 0.25) is 0 Å². The number of aliphatic hydroxyl groups is 1. The van der Waals surface area contributed by atoms with E-state index in [1.807, 2.05) is 25.1 Å². The fourth-order valence-electron chi connectivity index (χ4n) is 1.86. The fraction of sp³-hybridized carbons (Fsp3) is 0.462. The Labute approximate surface area is 101 Å². The number of hydroxylamine groups is 1. The zero-order valence-electron chi connectivity index (χ0n) is 10.1. The van der Waals surface area contributed by atoms with Gasteiger partial charge in [0.05, 0.1) is 24.3 Å². The Morgan fingerprint density at radius 2 is 2.35 bits per heavy atom. The Kier molecular flexibility index (Phi) is 3.45. The van der Waals surface area contributed by atoms with E-state index in [4.69, 9.17) is 4.84 Å². The summed E-state index contributed by atoms with van der Waals surface area (Å²) in [6, 6.07) is 7.22. The standard InChI is InChI=1S/C13H17NO3/c1-3-12-8-13(16)14(17-12)11-6-4-5-10(7-11)9(2)15/h4-7,9,12,15H,3,8H2,1-2H3. The molecule has 17 heavy (non-hydrogen) atoms. The Morgan fingerprint density at radius 1 is 1.59 bits per heavy atom. The molecular formula is C13H17NO3. The number of carbonyl (C=O) groups is 1. The second-order valence-electron chi connectivity index (χ2n) is 4.30. The first-order chi connectivity index (χ1) is 8.11. The molecule has 1 saturated heterocycles. The lowest BCUT2D eigenvalue weighted by Crippen LogP contribution is -2.23. The maximum absolute atomic E-state index is 11.8. The number of aliphatic hydroxyl groups excluding tert-OH is 1. The van der Waals surface area contributed by atoms with Crippen molar-refractivity contribution in [2.75, 3.05) is 5.06 Å². The van der Waals surface area contributed by atoms with Gasteiger partial charge in [-0.25, -0.2) is 0 Å². The highest BCUT2D eigenvalue weighted by Gasteiger charge is 2.31. The molecule has 0 aliphatic carbocycles. The molecule has 1 aromatic carbocycles. The predicted octanol–water partition coefficient (Wildman–Crippen LogP) is 2.19. The van der Waals surface area contributed by atoms with Crippen LogP contribution in [0.1, 0.15) is 38.4 Å². The summed E-state index contributed by atoms with van der Waals surface area (Å²) < 4.78 is 0. The first-order valence-corrected chi connectivity index (χ1v) is 5.89. The molecule has 1 N–H and O–H groups in total. The molecular weight excluding hydrogens is 218 g/mol. The normalized spacial score (nSPS) is 21.9. The third kappa shape index (κ3) is 2.48. The van der Waals surface area contributed by atoms with Gasteiger partial charge >= 0.3 is 0 Å². The van der Waals surface area contributed by atoms with Crippen LogP contribution in [0.15, 0.2) is 24.3 Å². The van der Waals surface area contributed by atoms with Crippen molar-refractivity contribution < 1.29 is 14.7 Å². The van der Waals surface area contributed by atoms with Crippen molar-refractivity contribution in [3.8, 4) is 0 Å². The van der Waals surface area contributed by atoms with E-state index in [2.05, 4.69) is 0 Å². The Bertz CT molecular complexity index is 417. The van der Waals surface area contributed by atoms with Crippen LogP contribution in [0.4, 0.5) is 5.69 Å². The quantitative estimate of drug-likeness (QED) is 0.873. The average molecular weight is 235 g/mol. The highest BCUT2D eigenvalue weighted by atomic mass is 16.7. The summed E-state index contributed by atoms with van der Waals surface area (Å²) in [7, 11) is 0. The molecule has 4 nitrogen and oxygen atoms in total. The molecule has 1 amide bonds. The third-order valence-electron chi connectivity index (χ3n) is 2.93. The molecule has 2 rings (SSSR count). The summed E-state index contributed by atoms with van der Waals surface area (Å²) in [4.78, 5) is 17.3. The monoisotopic (exact) mass is 235 g/mol. The minimum Gasteiger partial charge on any atom is -0.389 e. The van der Waals surface area contributed by atoms with Gasteiger partial charge < -0.3 is 5.11 Å². The summed E-state index contributed by atoms with van der Waals surface area (Å²) >= 11 is 0. The van der Waals surface area contributed by atoms with Gasteiger partial charge in [-0.3, -0.25) is 9.63 Å². The SMILES string of the molecule is CCC1CC(=O)N(c2cccc(C(C)O)c2)O1. The molecule has 1 heterocycles. The van der Waals surface area contributed by atoms with Crippen molar-refractivity contribution in [3.05, 3.63) is 29.8 Å². The van der Waals surface area contributed by atoms with Crippen LogP contribution in [-0.2, 0) is 9.63 Å². The zero-order chi connectivity index (χ0) is 12.4. The highest BCUT2D eigenvalue weighted by molar-refractivity contribution is 5.93. The maximum Gasteiger partial charge on any atom is 0.253 e. The number of benzene rings is 1. The van der Waals surface area contributed by atoms with E-state index < -0.39 is 6.10 Å². The van der Waals surface area contributed by atoms with E-state index >= 15 is 0 Å². The summed E-state index contributed by atoms with van der Waals surface area (Å²) in [5.74, 6) is -0.0282. The molecule has 0 bridgehead atoms. The molecule has 92 valence electrons. The average Bonchev–Trinajstić information content (AvgIpc) is 2.71. The van der Waals surface area contributed by atoms with Crippen LogP contribution in [0.5, 0.6) is 0 Å². The van der Waals surface area contributed by atoms with E-state index in [1.165, 1.54) is 5.06 Å². The van der Waals surface area contributed by atoms with E-state index in [0.29, 0.717) is 12.1 Å². The largest absolute Gasteiger partial charge is 0.389 e. The predicted molar refractivity (Wildman–Crippen MR) is 64.3 cm³/mol.